The Morgan fingerprint density at radius 2 is 2.10 bits per heavy atom. The van der Waals surface area contributed by atoms with Crippen LogP contribution in [0.15, 0.2) is 48.9 Å². The number of pyridine rings is 1. The molecule has 0 aliphatic heterocycles. The number of rotatable bonds is 2. The van der Waals surface area contributed by atoms with E-state index in [0.29, 0.717) is 11.4 Å². The quantitative estimate of drug-likeness (QED) is 0.772. The Bertz CT molecular complexity index is 785. The van der Waals surface area contributed by atoms with Gasteiger partial charge >= 0.3 is 0 Å². The van der Waals surface area contributed by atoms with E-state index in [1.165, 1.54) is 6.33 Å². The Balaban J connectivity index is 1.88. The molecule has 0 fully saturated rings. The van der Waals surface area contributed by atoms with Crippen molar-refractivity contribution in [3.8, 4) is 0 Å². The molecule has 0 spiro atoms. The first-order valence-corrected chi connectivity index (χ1v) is 6.17. The fraction of sp³-hybridized carbons (Fsp3) is 0.0667. The van der Waals surface area contributed by atoms with Crippen LogP contribution in [0.25, 0.3) is 10.9 Å². The molecule has 0 radical (unpaired) electrons. The number of aryl methyl sites for hydroxylation is 1. The van der Waals surface area contributed by atoms with Gasteiger partial charge in [0.1, 0.15) is 12.1 Å². The van der Waals surface area contributed by atoms with Gasteiger partial charge in [-0.25, -0.2) is 15.0 Å². The van der Waals surface area contributed by atoms with E-state index in [9.17, 15) is 4.79 Å². The van der Waals surface area contributed by atoms with Crippen LogP contribution in [-0.2, 0) is 0 Å². The third-order valence-corrected chi connectivity index (χ3v) is 2.90. The van der Waals surface area contributed by atoms with Crippen LogP contribution < -0.4 is 5.32 Å². The number of hydrogen-bond donors (Lipinski definition) is 1. The highest BCUT2D eigenvalue weighted by molar-refractivity contribution is 6.05. The Kier molecular flexibility index (Phi) is 3.09. The predicted octanol–water partition coefficient (Wildman–Crippen LogP) is 2.59. The fourth-order valence-electron chi connectivity index (χ4n) is 1.92. The number of benzene rings is 1. The van der Waals surface area contributed by atoms with Crippen molar-refractivity contribution < 1.29 is 4.79 Å². The lowest BCUT2D eigenvalue weighted by Gasteiger charge is -2.05. The molecule has 20 heavy (non-hydrogen) atoms. The lowest BCUT2D eigenvalue weighted by atomic mass is 10.1. The summed E-state index contributed by atoms with van der Waals surface area (Å²) in [6, 6.07) is 10.8. The van der Waals surface area contributed by atoms with Gasteiger partial charge in [-0.05, 0) is 31.2 Å². The molecule has 5 heteroatoms. The maximum Gasteiger partial charge on any atom is 0.256 e. The Morgan fingerprint density at radius 3 is 2.95 bits per heavy atom. The summed E-state index contributed by atoms with van der Waals surface area (Å²) >= 11 is 0. The number of nitrogens with zero attached hydrogens (tertiary/aromatic N) is 3. The third kappa shape index (κ3) is 2.47. The minimum Gasteiger partial charge on any atom is -0.307 e. The number of aromatic nitrogens is 3. The third-order valence-electron chi connectivity index (χ3n) is 2.90. The van der Waals surface area contributed by atoms with Crippen molar-refractivity contribution >= 4 is 22.6 Å². The smallest absolute Gasteiger partial charge is 0.256 e. The van der Waals surface area contributed by atoms with Crippen LogP contribution in [0, 0.1) is 6.92 Å². The zero-order valence-electron chi connectivity index (χ0n) is 10.9. The standard InChI is InChI=1S/C15H12N4O/c1-10-3-2-4-14(18-10)19-15(20)11-5-6-12-8-16-9-17-13(12)7-11/h2-9H,1H3,(H,18,19,20). The molecule has 2 heterocycles. The van der Waals surface area contributed by atoms with E-state index in [1.807, 2.05) is 25.1 Å². The van der Waals surface area contributed by atoms with Crippen LogP contribution in [-0.4, -0.2) is 20.9 Å². The number of amides is 1. The summed E-state index contributed by atoms with van der Waals surface area (Å²) in [6.45, 7) is 1.88. The van der Waals surface area contributed by atoms with Gasteiger partial charge in [-0.15, -0.1) is 0 Å². The van der Waals surface area contributed by atoms with E-state index in [4.69, 9.17) is 0 Å². The van der Waals surface area contributed by atoms with E-state index < -0.39 is 0 Å². The zero-order valence-corrected chi connectivity index (χ0v) is 10.9. The Labute approximate surface area is 115 Å². The summed E-state index contributed by atoms with van der Waals surface area (Å²) in [5.41, 5.74) is 2.14. The molecule has 0 bridgehead atoms. The lowest BCUT2D eigenvalue weighted by Crippen LogP contribution is -2.13. The van der Waals surface area contributed by atoms with Crippen LogP contribution in [0.2, 0.25) is 0 Å². The first kappa shape index (κ1) is 12.2. The van der Waals surface area contributed by atoms with Crippen molar-refractivity contribution in [1.82, 2.24) is 15.0 Å². The lowest BCUT2D eigenvalue weighted by molar-refractivity contribution is 0.102. The maximum atomic E-state index is 12.2. The number of anilines is 1. The van der Waals surface area contributed by atoms with Crippen LogP contribution in [0.4, 0.5) is 5.82 Å². The number of hydrogen-bond acceptors (Lipinski definition) is 4. The minimum absolute atomic E-state index is 0.205. The van der Waals surface area contributed by atoms with E-state index in [-0.39, 0.29) is 5.91 Å². The summed E-state index contributed by atoms with van der Waals surface area (Å²) < 4.78 is 0. The highest BCUT2D eigenvalue weighted by Gasteiger charge is 2.08. The second kappa shape index (κ2) is 5.05. The van der Waals surface area contributed by atoms with Crippen molar-refractivity contribution in [3.05, 3.63) is 60.2 Å². The van der Waals surface area contributed by atoms with Gasteiger partial charge < -0.3 is 5.32 Å². The van der Waals surface area contributed by atoms with E-state index in [1.54, 1.807) is 24.4 Å². The molecule has 2 aromatic heterocycles. The van der Waals surface area contributed by atoms with Gasteiger partial charge in [0, 0.05) is 22.8 Å². The molecule has 0 aliphatic rings. The van der Waals surface area contributed by atoms with E-state index in [0.717, 1.165) is 16.6 Å². The monoisotopic (exact) mass is 264 g/mol. The summed E-state index contributed by atoms with van der Waals surface area (Å²) in [5.74, 6) is 0.335. The number of fused-ring (bicyclic) bond motifs is 1. The molecular weight excluding hydrogens is 252 g/mol. The molecule has 0 saturated carbocycles. The highest BCUT2D eigenvalue weighted by Crippen LogP contribution is 2.13. The summed E-state index contributed by atoms with van der Waals surface area (Å²) in [4.78, 5) is 24.5. The van der Waals surface area contributed by atoms with E-state index >= 15 is 0 Å². The zero-order chi connectivity index (χ0) is 13.9. The summed E-state index contributed by atoms with van der Waals surface area (Å²) in [6.07, 6.45) is 3.18. The van der Waals surface area contributed by atoms with Crippen LogP contribution >= 0.6 is 0 Å². The number of carbonyl (C=O) groups is 1. The van der Waals surface area contributed by atoms with Crippen LogP contribution in [0.5, 0.6) is 0 Å². The van der Waals surface area contributed by atoms with Crippen molar-refractivity contribution in [2.24, 2.45) is 0 Å². The first-order valence-electron chi connectivity index (χ1n) is 6.17. The number of nitrogens with one attached hydrogen (secondary N) is 1. The van der Waals surface area contributed by atoms with Crippen LogP contribution in [0.1, 0.15) is 16.1 Å². The molecular formula is C15H12N4O. The number of carbonyl (C=O) groups excluding carboxylic acids is 1. The summed E-state index contributed by atoms with van der Waals surface area (Å²) in [5, 5.41) is 3.67. The largest absolute Gasteiger partial charge is 0.307 e. The maximum absolute atomic E-state index is 12.2. The topological polar surface area (TPSA) is 67.8 Å². The second-order valence-corrected chi connectivity index (χ2v) is 4.41. The van der Waals surface area contributed by atoms with Crippen molar-refractivity contribution in [2.75, 3.05) is 5.32 Å². The average Bonchev–Trinajstić information content (AvgIpc) is 2.47. The molecule has 0 aliphatic carbocycles. The molecule has 1 amide bonds. The summed E-state index contributed by atoms with van der Waals surface area (Å²) in [7, 11) is 0. The minimum atomic E-state index is -0.205. The SMILES string of the molecule is Cc1cccc(NC(=O)c2ccc3cncnc3c2)n1. The Hall–Kier alpha value is -2.82. The molecule has 1 aromatic carbocycles. The predicted molar refractivity (Wildman–Crippen MR) is 76.5 cm³/mol. The van der Waals surface area contributed by atoms with Gasteiger partial charge in [0.2, 0.25) is 0 Å². The van der Waals surface area contributed by atoms with Crippen molar-refractivity contribution in [1.29, 1.82) is 0 Å². The molecule has 3 aromatic rings. The van der Waals surface area contributed by atoms with Crippen LogP contribution in [0.3, 0.4) is 0 Å². The molecule has 98 valence electrons. The van der Waals surface area contributed by atoms with Crippen molar-refractivity contribution in [3.63, 3.8) is 0 Å². The van der Waals surface area contributed by atoms with Gasteiger partial charge in [0.05, 0.1) is 5.52 Å². The molecule has 0 unspecified atom stereocenters. The highest BCUT2D eigenvalue weighted by atomic mass is 16.1. The van der Waals surface area contributed by atoms with Gasteiger partial charge in [0.15, 0.2) is 0 Å². The van der Waals surface area contributed by atoms with Gasteiger partial charge in [-0.3, -0.25) is 4.79 Å². The molecule has 1 N–H and O–H groups in total. The molecule has 0 atom stereocenters. The fourth-order valence-corrected chi connectivity index (χ4v) is 1.92. The van der Waals surface area contributed by atoms with E-state index in [2.05, 4.69) is 20.3 Å². The molecule has 0 saturated heterocycles. The normalized spacial score (nSPS) is 10.4. The average molecular weight is 264 g/mol. The Morgan fingerprint density at radius 1 is 1.20 bits per heavy atom. The van der Waals surface area contributed by atoms with Gasteiger partial charge in [0.25, 0.3) is 5.91 Å². The van der Waals surface area contributed by atoms with Gasteiger partial charge in [-0.2, -0.15) is 0 Å². The second-order valence-electron chi connectivity index (χ2n) is 4.41. The molecule has 3 rings (SSSR count). The molecule has 5 nitrogen and oxygen atoms in total. The van der Waals surface area contributed by atoms with Gasteiger partial charge in [-0.1, -0.05) is 12.1 Å². The van der Waals surface area contributed by atoms with Crippen molar-refractivity contribution in [2.45, 2.75) is 6.92 Å². The first-order chi connectivity index (χ1) is 9.72.